The van der Waals surface area contributed by atoms with Crippen molar-refractivity contribution in [2.24, 2.45) is 5.92 Å². The van der Waals surface area contributed by atoms with Gasteiger partial charge in [-0.1, -0.05) is 19.1 Å². The largest absolute Gasteiger partial charge is 0.369 e. The number of anilines is 1. The van der Waals surface area contributed by atoms with Gasteiger partial charge < -0.3 is 4.90 Å². The Morgan fingerprint density at radius 3 is 2.38 bits per heavy atom. The first-order chi connectivity index (χ1) is 11.4. The van der Waals surface area contributed by atoms with Gasteiger partial charge in [-0.15, -0.1) is 0 Å². The van der Waals surface area contributed by atoms with Gasteiger partial charge >= 0.3 is 0 Å². The lowest BCUT2D eigenvalue weighted by Crippen LogP contribution is -2.54. The lowest BCUT2D eigenvalue weighted by Gasteiger charge is -2.40. The van der Waals surface area contributed by atoms with Crippen molar-refractivity contribution >= 4 is 15.9 Å². The van der Waals surface area contributed by atoms with Crippen molar-refractivity contribution in [1.82, 2.24) is 8.61 Å². The first-order valence-electron chi connectivity index (χ1n) is 8.96. The molecule has 0 aliphatic carbocycles. The molecule has 24 heavy (non-hydrogen) atoms. The van der Waals surface area contributed by atoms with Crippen molar-refractivity contribution in [2.75, 3.05) is 44.2 Å². The molecule has 0 aromatic heterocycles. The van der Waals surface area contributed by atoms with Crippen molar-refractivity contribution in [3.05, 3.63) is 29.3 Å². The van der Waals surface area contributed by atoms with Gasteiger partial charge in [-0.05, 0) is 49.8 Å². The van der Waals surface area contributed by atoms with Crippen LogP contribution in [0.25, 0.3) is 0 Å². The number of nitrogens with zero attached hydrogens (tertiary/aromatic N) is 3. The molecule has 0 saturated carbocycles. The summed E-state index contributed by atoms with van der Waals surface area (Å²) in [7, 11) is -3.30. The van der Waals surface area contributed by atoms with Gasteiger partial charge in [0.2, 0.25) is 0 Å². The summed E-state index contributed by atoms with van der Waals surface area (Å²) in [5.74, 6) is 0.463. The molecule has 134 valence electrons. The van der Waals surface area contributed by atoms with E-state index in [0.717, 1.165) is 25.9 Å². The molecule has 2 aliphatic rings. The molecule has 2 fully saturated rings. The van der Waals surface area contributed by atoms with Gasteiger partial charge in [-0.3, -0.25) is 0 Å². The van der Waals surface area contributed by atoms with Crippen LogP contribution in [0.4, 0.5) is 5.69 Å². The summed E-state index contributed by atoms with van der Waals surface area (Å²) in [6.07, 6.45) is 2.11. The fraction of sp³-hybridized carbons (Fsp3) is 0.667. The summed E-state index contributed by atoms with van der Waals surface area (Å²) in [6, 6.07) is 6.34. The van der Waals surface area contributed by atoms with Crippen molar-refractivity contribution in [3.8, 4) is 0 Å². The number of piperazine rings is 1. The second-order valence-electron chi connectivity index (χ2n) is 7.22. The first-order valence-corrected chi connectivity index (χ1v) is 10.4. The Balaban J connectivity index is 1.67. The predicted octanol–water partition coefficient (Wildman–Crippen LogP) is 2.40. The summed E-state index contributed by atoms with van der Waals surface area (Å²) < 4.78 is 29.1. The standard InChI is InChI=1S/C18H29N3O2S/c1-15-6-5-9-21(14-15)24(22,23)20-12-10-19(11-13-20)18-8-4-7-16(2)17(18)3/h4,7-8,15H,5-6,9-14H2,1-3H3. The van der Waals surface area contributed by atoms with E-state index in [1.54, 1.807) is 8.61 Å². The SMILES string of the molecule is Cc1cccc(N2CCN(S(=O)(=O)N3CCCC(C)C3)CC2)c1C. The molecule has 2 aliphatic heterocycles. The van der Waals surface area contributed by atoms with Crippen LogP contribution in [0.2, 0.25) is 0 Å². The topological polar surface area (TPSA) is 43.9 Å². The van der Waals surface area contributed by atoms with Crippen molar-refractivity contribution in [1.29, 1.82) is 0 Å². The zero-order valence-corrected chi connectivity index (χ0v) is 15.8. The molecular formula is C18H29N3O2S. The molecule has 0 N–H and O–H groups in total. The molecule has 1 aromatic carbocycles. The number of hydrogen-bond acceptors (Lipinski definition) is 3. The lowest BCUT2D eigenvalue weighted by molar-refractivity contribution is 0.254. The molecule has 0 spiro atoms. The summed E-state index contributed by atoms with van der Waals surface area (Å²) in [6.45, 7) is 10.4. The Morgan fingerprint density at radius 2 is 1.71 bits per heavy atom. The minimum Gasteiger partial charge on any atom is -0.369 e. The minimum absolute atomic E-state index is 0.463. The van der Waals surface area contributed by atoms with Gasteiger partial charge in [-0.25, -0.2) is 0 Å². The fourth-order valence-corrected chi connectivity index (χ4v) is 5.51. The van der Waals surface area contributed by atoms with Gasteiger partial charge in [0.25, 0.3) is 10.2 Å². The fourth-order valence-electron chi connectivity index (χ4n) is 3.76. The van der Waals surface area contributed by atoms with Gasteiger partial charge in [0.15, 0.2) is 0 Å². The molecule has 3 rings (SSSR count). The van der Waals surface area contributed by atoms with E-state index in [4.69, 9.17) is 0 Å². The third kappa shape index (κ3) is 3.46. The third-order valence-electron chi connectivity index (χ3n) is 5.43. The van der Waals surface area contributed by atoms with Crippen molar-refractivity contribution in [2.45, 2.75) is 33.6 Å². The average Bonchev–Trinajstić information content (AvgIpc) is 2.57. The van der Waals surface area contributed by atoms with E-state index in [0.29, 0.717) is 32.1 Å². The van der Waals surface area contributed by atoms with Crippen LogP contribution in [0.5, 0.6) is 0 Å². The quantitative estimate of drug-likeness (QED) is 0.840. The molecule has 2 heterocycles. The molecular weight excluding hydrogens is 322 g/mol. The lowest BCUT2D eigenvalue weighted by atomic mass is 10.0. The van der Waals surface area contributed by atoms with E-state index < -0.39 is 10.2 Å². The zero-order valence-electron chi connectivity index (χ0n) is 15.0. The minimum atomic E-state index is -3.30. The van der Waals surface area contributed by atoms with Gasteiger partial charge in [0, 0.05) is 45.0 Å². The van der Waals surface area contributed by atoms with Gasteiger partial charge in [0.1, 0.15) is 0 Å². The number of hydrogen-bond donors (Lipinski definition) is 0. The van der Waals surface area contributed by atoms with Crippen LogP contribution >= 0.6 is 0 Å². The highest BCUT2D eigenvalue weighted by Crippen LogP contribution is 2.26. The molecule has 6 heteroatoms. The number of aryl methyl sites for hydroxylation is 1. The Bertz CT molecular complexity index is 682. The van der Waals surface area contributed by atoms with Crippen LogP contribution in [0.15, 0.2) is 18.2 Å². The van der Waals surface area contributed by atoms with Crippen LogP contribution in [0.1, 0.15) is 30.9 Å². The van der Waals surface area contributed by atoms with E-state index in [2.05, 4.69) is 43.9 Å². The Labute approximate surface area is 146 Å². The molecule has 0 radical (unpaired) electrons. The first kappa shape index (κ1) is 17.7. The smallest absolute Gasteiger partial charge is 0.282 e. The summed E-state index contributed by atoms with van der Waals surface area (Å²) >= 11 is 0. The summed E-state index contributed by atoms with van der Waals surface area (Å²) in [5, 5.41) is 0. The molecule has 0 amide bonds. The molecule has 1 aromatic rings. The van der Waals surface area contributed by atoms with E-state index in [1.807, 2.05) is 0 Å². The van der Waals surface area contributed by atoms with E-state index >= 15 is 0 Å². The van der Waals surface area contributed by atoms with Gasteiger partial charge in [-0.2, -0.15) is 17.0 Å². The van der Waals surface area contributed by atoms with Crippen LogP contribution < -0.4 is 4.90 Å². The van der Waals surface area contributed by atoms with E-state index in [-0.39, 0.29) is 0 Å². The highest BCUT2D eigenvalue weighted by molar-refractivity contribution is 7.86. The van der Waals surface area contributed by atoms with Gasteiger partial charge in [0.05, 0.1) is 0 Å². The van der Waals surface area contributed by atoms with Crippen LogP contribution in [-0.4, -0.2) is 56.3 Å². The number of rotatable bonds is 3. The maximum atomic E-state index is 12.9. The maximum Gasteiger partial charge on any atom is 0.282 e. The summed E-state index contributed by atoms with van der Waals surface area (Å²) in [5.41, 5.74) is 3.81. The highest BCUT2D eigenvalue weighted by Gasteiger charge is 2.34. The monoisotopic (exact) mass is 351 g/mol. The van der Waals surface area contributed by atoms with Crippen molar-refractivity contribution in [3.63, 3.8) is 0 Å². The summed E-state index contributed by atoms with van der Waals surface area (Å²) in [4.78, 5) is 2.31. The number of benzene rings is 1. The van der Waals surface area contributed by atoms with E-state index in [9.17, 15) is 8.42 Å². The Morgan fingerprint density at radius 1 is 1.00 bits per heavy atom. The highest BCUT2D eigenvalue weighted by atomic mass is 32.2. The maximum absolute atomic E-state index is 12.9. The molecule has 5 nitrogen and oxygen atoms in total. The second kappa shape index (κ2) is 7.02. The Hall–Kier alpha value is -1.11. The zero-order chi connectivity index (χ0) is 17.3. The van der Waals surface area contributed by atoms with Crippen LogP contribution in [0.3, 0.4) is 0 Å². The normalized spacial score (nSPS) is 24.3. The second-order valence-corrected chi connectivity index (χ2v) is 9.15. The van der Waals surface area contributed by atoms with Crippen LogP contribution in [0, 0.1) is 19.8 Å². The van der Waals surface area contributed by atoms with Crippen LogP contribution in [-0.2, 0) is 10.2 Å². The van der Waals surface area contributed by atoms with Crippen molar-refractivity contribution < 1.29 is 8.42 Å². The third-order valence-corrected chi connectivity index (χ3v) is 7.43. The molecule has 0 bridgehead atoms. The molecule has 2 saturated heterocycles. The predicted molar refractivity (Wildman–Crippen MR) is 98.6 cm³/mol. The van der Waals surface area contributed by atoms with E-state index in [1.165, 1.54) is 16.8 Å². The molecule has 1 unspecified atom stereocenters. The molecule has 1 atom stereocenters. The Kier molecular flexibility index (Phi) is 5.18. The number of piperidine rings is 1. The average molecular weight is 352 g/mol.